The Labute approximate surface area is 197 Å². The van der Waals surface area contributed by atoms with Gasteiger partial charge in [-0.15, -0.1) is 0 Å². The molecule has 32 heavy (non-hydrogen) atoms. The highest BCUT2D eigenvalue weighted by atomic mass is 79.9. The number of amides is 1. The molecule has 0 bridgehead atoms. The van der Waals surface area contributed by atoms with Gasteiger partial charge in [-0.05, 0) is 66.4 Å². The minimum absolute atomic E-state index is 0.128. The van der Waals surface area contributed by atoms with E-state index in [1.807, 2.05) is 56.3 Å². The van der Waals surface area contributed by atoms with Gasteiger partial charge in [-0.3, -0.25) is 4.79 Å². The van der Waals surface area contributed by atoms with Crippen molar-refractivity contribution in [2.75, 3.05) is 11.9 Å². The number of hydrogen-bond donors (Lipinski definition) is 2. The van der Waals surface area contributed by atoms with E-state index in [0.717, 1.165) is 33.3 Å². The van der Waals surface area contributed by atoms with Crippen molar-refractivity contribution in [3.05, 3.63) is 87.9 Å². The van der Waals surface area contributed by atoms with Gasteiger partial charge in [0.2, 0.25) is 10.0 Å². The summed E-state index contributed by atoms with van der Waals surface area (Å²) >= 11 is 3.47. The van der Waals surface area contributed by atoms with Crippen LogP contribution in [0.2, 0.25) is 0 Å². The summed E-state index contributed by atoms with van der Waals surface area (Å²) in [5.41, 5.74) is 3.65. The first-order valence-electron chi connectivity index (χ1n) is 10.1. The molecule has 0 heterocycles. The summed E-state index contributed by atoms with van der Waals surface area (Å²) < 4.78 is 34.0. The van der Waals surface area contributed by atoms with Crippen LogP contribution in [0.3, 0.4) is 0 Å². The van der Waals surface area contributed by atoms with Crippen LogP contribution in [-0.2, 0) is 27.8 Å². The monoisotopic (exact) mass is 516 g/mol. The van der Waals surface area contributed by atoms with Crippen LogP contribution in [0, 0.1) is 6.92 Å². The Morgan fingerprint density at radius 2 is 1.72 bits per heavy atom. The zero-order chi connectivity index (χ0) is 23.1. The molecule has 0 atom stereocenters. The lowest BCUT2D eigenvalue weighted by Gasteiger charge is -2.14. The Balaban J connectivity index is 1.57. The molecule has 0 saturated carbocycles. The summed E-state index contributed by atoms with van der Waals surface area (Å²) in [4.78, 5) is 12.5. The normalized spacial score (nSPS) is 11.2. The third kappa shape index (κ3) is 6.41. The second kappa shape index (κ2) is 10.8. The molecule has 3 aromatic carbocycles. The zero-order valence-electron chi connectivity index (χ0n) is 17.9. The number of aryl methyl sites for hydroxylation is 2. The number of anilines is 1. The van der Waals surface area contributed by atoms with Crippen LogP contribution in [0.15, 0.2) is 76.1 Å². The molecule has 0 fully saturated rings. The van der Waals surface area contributed by atoms with E-state index in [0.29, 0.717) is 5.75 Å². The predicted octanol–water partition coefficient (Wildman–Crippen LogP) is 4.82. The number of hydrogen-bond acceptors (Lipinski definition) is 4. The molecule has 8 heteroatoms. The van der Waals surface area contributed by atoms with Gasteiger partial charge in [0.15, 0.2) is 6.61 Å². The number of sulfonamides is 1. The van der Waals surface area contributed by atoms with E-state index in [1.165, 1.54) is 24.3 Å². The lowest BCUT2D eigenvalue weighted by atomic mass is 10.1. The Morgan fingerprint density at radius 1 is 1.03 bits per heavy atom. The summed E-state index contributed by atoms with van der Waals surface area (Å²) in [6.45, 7) is 3.98. The van der Waals surface area contributed by atoms with Gasteiger partial charge in [0.1, 0.15) is 5.75 Å². The molecule has 0 unspecified atom stereocenters. The van der Waals surface area contributed by atoms with E-state index >= 15 is 0 Å². The van der Waals surface area contributed by atoms with Gasteiger partial charge in [-0.25, -0.2) is 13.1 Å². The van der Waals surface area contributed by atoms with E-state index in [-0.39, 0.29) is 24.0 Å². The van der Waals surface area contributed by atoms with Gasteiger partial charge in [0.25, 0.3) is 5.91 Å². The van der Waals surface area contributed by atoms with E-state index in [2.05, 4.69) is 26.0 Å². The van der Waals surface area contributed by atoms with Gasteiger partial charge in [-0.1, -0.05) is 53.2 Å². The number of ether oxygens (including phenoxy) is 1. The van der Waals surface area contributed by atoms with Crippen LogP contribution < -0.4 is 14.8 Å². The standard InChI is InChI=1S/C24H25BrN2O4S/c1-3-19-14-20(25)13-17(2)24(19)27-23(28)16-31-21-9-11-22(12-10-21)32(29,30)26-15-18-7-5-4-6-8-18/h4-14,26H,3,15-16H2,1-2H3,(H,27,28). The summed E-state index contributed by atoms with van der Waals surface area (Å²) in [5, 5.41) is 2.90. The quantitative estimate of drug-likeness (QED) is 0.427. The van der Waals surface area contributed by atoms with Crippen LogP contribution in [0.1, 0.15) is 23.6 Å². The van der Waals surface area contributed by atoms with Crippen LogP contribution >= 0.6 is 15.9 Å². The molecule has 0 saturated heterocycles. The molecule has 168 valence electrons. The Morgan fingerprint density at radius 3 is 2.38 bits per heavy atom. The van der Waals surface area contributed by atoms with Gasteiger partial charge in [0.05, 0.1) is 4.90 Å². The van der Waals surface area contributed by atoms with Crippen LogP contribution in [0.5, 0.6) is 5.75 Å². The highest BCUT2D eigenvalue weighted by Gasteiger charge is 2.14. The largest absolute Gasteiger partial charge is 0.484 e. The van der Waals surface area contributed by atoms with Crippen molar-refractivity contribution < 1.29 is 17.9 Å². The van der Waals surface area contributed by atoms with Gasteiger partial charge < -0.3 is 10.1 Å². The van der Waals surface area contributed by atoms with Crippen LogP contribution in [-0.4, -0.2) is 20.9 Å². The van der Waals surface area contributed by atoms with Crippen molar-refractivity contribution in [1.82, 2.24) is 4.72 Å². The highest BCUT2D eigenvalue weighted by Crippen LogP contribution is 2.26. The fourth-order valence-corrected chi connectivity index (χ4v) is 4.80. The van der Waals surface area contributed by atoms with Crippen molar-refractivity contribution in [1.29, 1.82) is 0 Å². The van der Waals surface area contributed by atoms with Crippen LogP contribution in [0.25, 0.3) is 0 Å². The maximum Gasteiger partial charge on any atom is 0.262 e. The van der Waals surface area contributed by atoms with E-state index in [1.54, 1.807) is 0 Å². The molecule has 0 radical (unpaired) electrons. The summed E-state index contributed by atoms with van der Waals surface area (Å²) in [6, 6.07) is 19.2. The molecule has 0 spiro atoms. The van der Waals surface area contributed by atoms with Crippen molar-refractivity contribution >= 4 is 37.5 Å². The van der Waals surface area contributed by atoms with E-state index < -0.39 is 10.0 Å². The number of carbonyl (C=O) groups excluding carboxylic acids is 1. The molecule has 1 amide bonds. The SMILES string of the molecule is CCc1cc(Br)cc(C)c1NC(=O)COc1ccc(S(=O)(=O)NCc2ccccc2)cc1. The number of halogens is 1. The van der Waals surface area contributed by atoms with Crippen molar-refractivity contribution in [3.63, 3.8) is 0 Å². The second-order valence-corrected chi connectivity index (χ2v) is 9.91. The Hall–Kier alpha value is -2.68. The highest BCUT2D eigenvalue weighted by molar-refractivity contribution is 9.10. The second-order valence-electron chi connectivity index (χ2n) is 7.23. The molecular weight excluding hydrogens is 492 g/mol. The molecule has 0 aromatic heterocycles. The van der Waals surface area contributed by atoms with Gasteiger partial charge >= 0.3 is 0 Å². The number of rotatable bonds is 9. The van der Waals surface area contributed by atoms with Gasteiger partial charge in [0, 0.05) is 16.7 Å². The minimum Gasteiger partial charge on any atom is -0.484 e. The molecule has 3 aromatic rings. The fraction of sp³-hybridized carbons (Fsp3) is 0.208. The summed E-state index contributed by atoms with van der Waals surface area (Å²) in [6.07, 6.45) is 0.783. The average molecular weight is 517 g/mol. The fourth-order valence-electron chi connectivity index (χ4n) is 3.17. The summed E-state index contributed by atoms with van der Waals surface area (Å²) in [5.74, 6) is 0.122. The van der Waals surface area contributed by atoms with E-state index in [4.69, 9.17) is 4.74 Å². The molecule has 3 rings (SSSR count). The topological polar surface area (TPSA) is 84.5 Å². The van der Waals surface area contributed by atoms with Crippen molar-refractivity contribution in [2.24, 2.45) is 0 Å². The average Bonchev–Trinajstić information content (AvgIpc) is 2.79. The first-order valence-corrected chi connectivity index (χ1v) is 12.4. The number of benzene rings is 3. The minimum atomic E-state index is -3.65. The smallest absolute Gasteiger partial charge is 0.262 e. The molecule has 2 N–H and O–H groups in total. The number of carbonyl (C=O) groups is 1. The summed E-state index contributed by atoms with van der Waals surface area (Å²) in [7, 11) is -3.65. The third-order valence-corrected chi connectivity index (χ3v) is 6.72. The lowest BCUT2D eigenvalue weighted by Crippen LogP contribution is -2.23. The molecule has 0 aliphatic heterocycles. The first kappa shape index (κ1) is 24.0. The van der Waals surface area contributed by atoms with E-state index in [9.17, 15) is 13.2 Å². The first-order chi connectivity index (χ1) is 15.3. The zero-order valence-corrected chi connectivity index (χ0v) is 20.3. The maximum atomic E-state index is 12.5. The van der Waals surface area contributed by atoms with Crippen molar-refractivity contribution in [3.8, 4) is 5.75 Å². The maximum absolute atomic E-state index is 12.5. The van der Waals surface area contributed by atoms with Crippen LogP contribution in [0.4, 0.5) is 5.69 Å². The predicted molar refractivity (Wildman–Crippen MR) is 129 cm³/mol. The molecule has 6 nitrogen and oxygen atoms in total. The Bertz CT molecular complexity index is 1180. The van der Waals surface area contributed by atoms with Crippen molar-refractivity contribution in [2.45, 2.75) is 31.7 Å². The number of nitrogens with one attached hydrogen (secondary N) is 2. The van der Waals surface area contributed by atoms with Gasteiger partial charge in [-0.2, -0.15) is 0 Å². The lowest BCUT2D eigenvalue weighted by molar-refractivity contribution is -0.118. The molecule has 0 aliphatic carbocycles. The Kier molecular flexibility index (Phi) is 8.06. The molecular formula is C24H25BrN2O4S. The molecule has 0 aliphatic rings. The third-order valence-electron chi connectivity index (χ3n) is 4.84.